The van der Waals surface area contributed by atoms with Crippen molar-refractivity contribution in [3.05, 3.63) is 0 Å². The molecule has 0 heterocycles. The Morgan fingerprint density at radius 3 is 2.29 bits per heavy atom. The van der Waals surface area contributed by atoms with E-state index in [2.05, 4.69) is 20.5 Å². The van der Waals surface area contributed by atoms with Crippen LogP contribution < -0.4 is 0 Å². The quantitative estimate of drug-likeness (QED) is 0.499. The number of hydrogen-bond donors (Lipinski definition) is 0. The Morgan fingerprint density at radius 1 is 1.57 bits per heavy atom. The Labute approximate surface area is 48.5 Å². The van der Waals surface area contributed by atoms with E-state index < -0.39 is 0 Å². The second kappa shape index (κ2) is 4.59. The molecule has 0 saturated carbocycles. The molecule has 0 aliphatic carbocycles. The largest absolute Gasteiger partial charge is 0.125 e. The summed E-state index contributed by atoms with van der Waals surface area (Å²) in [5.41, 5.74) is 0. The van der Waals surface area contributed by atoms with Gasteiger partial charge in [-0.15, -0.1) is 8.58 Å². The fraction of sp³-hybridized carbons (Fsp3) is 1.00. The molecule has 0 bridgehead atoms. The van der Waals surface area contributed by atoms with Gasteiger partial charge in [-0.2, -0.15) is 0 Å². The van der Waals surface area contributed by atoms with Gasteiger partial charge in [-0.3, -0.25) is 0 Å². The molecular weight excluding hydrogens is 103 g/mol. The van der Waals surface area contributed by atoms with E-state index in [0.717, 1.165) is 14.5 Å². The van der Waals surface area contributed by atoms with Crippen LogP contribution in [0.3, 0.4) is 0 Å². The van der Waals surface area contributed by atoms with E-state index in [1.54, 1.807) is 0 Å². The van der Waals surface area contributed by atoms with E-state index in [4.69, 9.17) is 0 Å². The van der Waals surface area contributed by atoms with Gasteiger partial charge in [0.1, 0.15) is 0 Å². The minimum Gasteiger partial charge on any atom is -0.125 e. The molecular formula is C6H15P. The van der Waals surface area contributed by atoms with Crippen LogP contribution in [0, 0.1) is 5.92 Å². The van der Waals surface area contributed by atoms with Gasteiger partial charge >= 0.3 is 0 Å². The van der Waals surface area contributed by atoms with Crippen LogP contribution >= 0.6 is 8.58 Å². The van der Waals surface area contributed by atoms with Crippen molar-refractivity contribution in [1.29, 1.82) is 0 Å². The van der Waals surface area contributed by atoms with Crippen molar-refractivity contribution in [1.82, 2.24) is 0 Å². The summed E-state index contributed by atoms with van der Waals surface area (Å²) in [6, 6.07) is 0. The molecule has 0 nitrogen and oxygen atoms in total. The zero-order valence-corrected chi connectivity index (χ0v) is 6.49. The van der Waals surface area contributed by atoms with Gasteiger partial charge in [0.2, 0.25) is 0 Å². The van der Waals surface area contributed by atoms with Crippen molar-refractivity contribution in [3.8, 4) is 0 Å². The smallest absolute Gasteiger partial charge is 0.0330 e. The monoisotopic (exact) mass is 118 g/mol. The minimum absolute atomic E-state index is 0.961. The maximum atomic E-state index is 2.32. The zero-order chi connectivity index (χ0) is 5.70. The Morgan fingerprint density at radius 2 is 2.14 bits per heavy atom. The molecule has 0 amide bonds. The zero-order valence-electron chi connectivity index (χ0n) is 5.49. The molecule has 2 atom stereocenters. The van der Waals surface area contributed by atoms with Crippen molar-refractivity contribution < 1.29 is 0 Å². The first-order valence-electron chi connectivity index (χ1n) is 2.95. The van der Waals surface area contributed by atoms with E-state index in [-0.39, 0.29) is 0 Å². The van der Waals surface area contributed by atoms with Crippen LogP contribution in [0.4, 0.5) is 0 Å². The highest BCUT2D eigenvalue weighted by molar-refractivity contribution is 7.36. The lowest BCUT2D eigenvalue weighted by Crippen LogP contribution is -1.92. The van der Waals surface area contributed by atoms with Gasteiger partial charge in [-0.1, -0.05) is 20.3 Å². The summed E-state index contributed by atoms with van der Waals surface area (Å²) < 4.78 is 0. The third-order valence-corrected chi connectivity index (χ3v) is 2.35. The van der Waals surface area contributed by atoms with E-state index in [1.807, 2.05) is 0 Å². The highest BCUT2D eigenvalue weighted by Gasteiger charge is 1.92. The average Bonchev–Trinajstić information content (AvgIpc) is 1.68. The maximum absolute atomic E-state index is 2.32. The van der Waals surface area contributed by atoms with Crippen LogP contribution in [0.1, 0.15) is 20.3 Å². The number of hydrogen-bond acceptors (Lipinski definition) is 0. The SMILES string of the molecule is CCC(C)CPC. The van der Waals surface area contributed by atoms with Crippen LogP contribution in [0.25, 0.3) is 0 Å². The summed E-state index contributed by atoms with van der Waals surface area (Å²) >= 11 is 0. The second-order valence-corrected chi connectivity index (χ2v) is 3.19. The summed E-state index contributed by atoms with van der Waals surface area (Å²) in [6.45, 7) is 6.84. The molecule has 0 aliphatic heterocycles. The number of rotatable bonds is 3. The molecule has 0 fully saturated rings. The molecule has 44 valence electrons. The molecule has 0 aromatic carbocycles. The minimum atomic E-state index is 0.961. The van der Waals surface area contributed by atoms with E-state index >= 15 is 0 Å². The third-order valence-electron chi connectivity index (χ3n) is 1.25. The second-order valence-electron chi connectivity index (χ2n) is 2.07. The summed E-state index contributed by atoms with van der Waals surface area (Å²) in [4.78, 5) is 0. The van der Waals surface area contributed by atoms with Crippen molar-refractivity contribution in [2.45, 2.75) is 20.3 Å². The standard InChI is InChI=1S/C6H15P/c1-4-6(2)5-7-3/h6-7H,4-5H2,1-3H3. The molecule has 0 aliphatic rings. The molecule has 0 radical (unpaired) electrons. The Balaban J connectivity index is 2.83. The van der Waals surface area contributed by atoms with Gasteiger partial charge in [0, 0.05) is 0 Å². The predicted octanol–water partition coefficient (Wildman–Crippen LogP) is 2.34. The van der Waals surface area contributed by atoms with Gasteiger partial charge in [0.05, 0.1) is 0 Å². The molecule has 1 heteroatoms. The van der Waals surface area contributed by atoms with Gasteiger partial charge in [0.25, 0.3) is 0 Å². The fourth-order valence-corrected chi connectivity index (χ4v) is 1.48. The Kier molecular flexibility index (Phi) is 4.87. The first kappa shape index (κ1) is 7.43. The lowest BCUT2D eigenvalue weighted by atomic mass is 10.2. The Hall–Kier alpha value is 0.430. The van der Waals surface area contributed by atoms with E-state index in [9.17, 15) is 0 Å². The summed E-state index contributed by atoms with van der Waals surface area (Å²) in [6.07, 6.45) is 2.78. The fourth-order valence-electron chi connectivity index (χ4n) is 0.493. The molecule has 0 spiro atoms. The van der Waals surface area contributed by atoms with Crippen molar-refractivity contribution in [2.75, 3.05) is 12.8 Å². The first-order valence-corrected chi connectivity index (χ1v) is 4.66. The topological polar surface area (TPSA) is 0 Å². The van der Waals surface area contributed by atoms with Crippen molar-refractivity contribution >= 4 is 8.58 Å². The summed E-state index contributed by atoms with van der Waals surface area (Å²) in [5, 5.41) is 0. The Bertz CT molecular complexity index is 35.2. The third kappa shape index (κ3) is 4.28. The van der Waals surface area contributed by atoms with Gasteiger partial charge < -0.3 is 0 Å². The first-order chi connectivity index (χ1) is 3.31. The van der Waals surface area contributed by atoms with Gasteiger partial charge in [0.15, 0.2) is 0 Å². The summed E-state index contributed by atoms with van der Waals surface area (Å²) in [7, 11) is 1.14. The lowest BCUT2D eigenvalue weighted by molar-refractivity contribution is 0.635. The lowest BCUT2D eigenvalue weighted by Gasteiger charge is -2.02. The van der Waals surface area contributed by atoms with E-state index in [1.165, 1.54) is 12.6 Å². The molecule has 2 unspecified atom stereocenters. The molecule has 0 aromatic rings. The van der Waals surface area contributed by atoms with Crippen LogP contribution in [0.5, 0.6) is 0 Å². The maximum Gasteiger partial charge on any atom is -0.0330 e. The van der Waals surface area contributed by atoms with Crippen LogP contribution in [-0.4, -0.2) is 12.8 Å². The highest BCUT2D eigenvalue weighted by atomic mass is 31.1. The van der Waals surface area contributed by atoms with Crippen molar-refractivity contribution in [2.24, 2.45) is 5.92 Å². The van der Waals surface area contributed by atoms with Gasteiger partial charge in [-0.25, -0.2) is 0 Å². The van der Waals surface area contributed by atoms with Gasteiger partial charge in [-0.05, 0) is 18.7 Å². The summed E-state index contributed by atoms with van der Waals surface area (Å²) in [5.74, 6) is 0.961. The molecule has 0 N–H and O–H groups in total. The molecule has 0 aromatic heterocycles. The van der Waals surface area contributed by atoms with Crippen molar-refractivity contribution in [3.63, 3.8) is 0 Å². The van der Waals surface area contributed by atoms with Crippen LogP contribution in [0.15, 0.2) is 0 Å². The van der Waals surface area contributed by atoms with Crippen LogP contribution in [-0.2, 0) is 0 Å². The molecule has 0 rings (SSSR count). The highest BCUT2D eigenvalue weighted by Crippen LogP contribution is 2.11. The normalized spacial score (nSPS) is 15.9. The predicted molar refractivity (Wildman–Crippen MR) is 38.6 cm³/mol. The molecule has 0 saturated heterocycles. The van der Waals surface area contributed by atoms with E-state index in [0.29, 0.717) is 0 Å². The average molecular weight is 118 g/mol. The molecule has 7 heavy (non-hydrogen) atoms. The van der Waals surface area contributed by atoms with Crippen LogP contribution in [0.2, 0.25) is 0 Å².